The number of H-pyrrole nitrogens is 1. The van der Waals surface area contributed by atoms with E-state index in [9.17, 15) is 9.59 Å². The molecule has 0 fully saturated rings. The Kier molecular flexibility index (Phi) is 5.96. The Morgan fingerprint density at radius 2 is 2.11 bits per heavy atom. The molecule has 7 nitrogen and oxygen atoms in total. The average Bonchev–Trinajstić information content (AvgIpc) is 3.11. The minimum absolute atomic E-state index is 0.150. The van der Waals surface area contributed by atoms with E-state index in [4.69, 9.17) is 5.26 Å². The van der Waals surface area contributed by atoms with Crippen LogP contribution < -0.4 is 10.9 Å². The highest BCUT2D eigenvalue weighted by molar-refractivity contribution is 7.17. The van der Waals surface area contributed by atoms with Gasteiger partial charge in [-0.1, -0.05) is 6.92 Å². The number of aromatic nitrogens is 2. The number of nitrogens with zero attached hydrogens (tertiary/aromatic N) is 3. The number of amides is 1. The molecule has 3 aromatic rings. The molecule has 0 bridgehead atoms. The van der Waals surface area contributed by atoms with E-state index >= 15 is 0 Å². The standard InChI is InChI=1S/C19H19N5O2S/c1-2-8-24(11-16-22-15-7-9-27-18(15)19(26)23-16)12-17(25)21-14-5-3-13(10-20)4-6-14/h3-7,9H,2,8,11-12H2,1H3,(H,21,25)(H,22,23,26). The quantitative estimate of drug-likeness (QED) is 0.655. The summed E-state index contributed by atoms with van der Waals surface area (Å²) in [5.41, 5.74) is 1.71. The molecule has 2 heterocycles. The lowest BCUT2D eigenvalue weighted by molar-refractivity contribution is -0.117. The van der Waals surface area contributed by atoms with Crippen molar-refractivity contribution in [2.45, 2.75) is 19.9 Å². The second-order valence-electron chi connectivity index (χ2n) is 6.10. The van der Waals surface area contributed by atoms with Gasteiger partial charge in [0.05, 0.1) is 30.2 Å². The molecule has 1 aromatic carbocycles. The topological polar surface area (TPSA) is 102 Å². The maximum absolute atomic E-state index is 12.4. The van der Waals surface area contributed by atoms with Crippen LogP contribution in [-0.4, -0.2) is 33.9 Å². The van der Waals surface area contributed by atoms with Crippen LogP contribution >= 0.6 is 11.3 Å². The number of benzene rings is 1. The van der Waals surface area contributed by atoms with Crippen molar-refractivity contribution in [2.75, 3.05) is 18.4 Å². The van der Waals surface area contributed by atoms with E-state index in [0.29, 0.717) is 40.4 Å². The van der Waals surface area contributed by atoms with Gasteiger partial charge in [-0.15, -0.1) is 11.3 Å². The van der Waals surface area contributed by atoms with Crippen molar-refractivity contribution in [2.24, 2.45) is 0 Å². The molecule has 0 saturated heterocycles. The van der Waals surface area contributed by atoms with Crippen molar-refractivity contribution < 1.29 is 4.79 Å². The van der Waals surface area contributed by atoms with E-state index in [1.165, 1.54) is 11.3 Å². The molecule has 0 unspecified atom stereocenters. The molecule has 1 amide bonds. The predicted octanol–water partition coefficient (Wildman–Crippen LogP) is 2.71. The Balaban J connectivity index is 1.67. The third-order valence-corrected chi connectivity index (χ3v) is 4.84. The summed E-state index contributed by atoms with van der Waals surface area (Å²) in [6.45, 7) is 3.30. The van der Waals surface area contributed by atoms with Crippen LogP contribution in [-0.2, 0) is 11.3 Å². The van der Waals surface area contributed by atoms with E-state index in [-0.39, 0.29) is 18.0 Å². The fourth-order valence-electron chi connectivity index (χ4n) is 2.77. The zero-order valence-corrected chi connectivity index (χ0v) is 15.7. The smallest absolute Gasteiger partial charge is 0.268 e. The van der Waals surface area contributed by atoms with Gasteiger partial charge in [-0.05, 0) is 48.7 Å². The molecular weight excluding hydrogens is 362 g/mol. The van der Waals surface area contributed by atoms with E-state index in [2.05, 4.69) is 15.3 Å². The van der Waals surface area contributed by atoms with Crippen molar-refractivity contribution in [3.05, 3.63) is 57.5 Å². The molecule has 2 aromatic heterocycles. The summed E-state index contributed by atoms with van der Waals surface area (Å²) in [5, 5.41) is 13.5. The summed E-state index contributed by atoms with van der Waals surface area (Å²) in [6.07, 6.45) is 0.870. The van der Waals surface area contributed by atoms with Crippen LogP contribution in [0.15, 0.2) is 40.5 Å². The predicted molar refractivity (Wildman–Crippen MR) is 106 cm³/mol. The van der Waals surface area contributed by atoms with E-state index in [0.717, 1.165) is 6.42 Å². The van der Waals surface area contributed by atoms with Crippen molar-refractivity contribution >= 4 is 33.1 Å². The molecule has 8 heteroatoms. The molecule has 0 aliphatic carbocycles. The molecular formula is C19H19N5O2S. The average molecular weight is 381 g/mol. The number of rotatable bonds is 7. The zero-order valence-electron chi connectivity index (χ0n) is 14.9. The highest BCUT2D eigenvalue weighted by Crippen LogP contribution is 2.14. The Bertz CT molecular complexity index is 1030. The van der Waals surface area contributed by atoms with Gasteiger partial charge in [0.2, 0.25) is 5.91 Å². The monoisotopic (exact) mass is 381 g/mol. The van der Waals surface area contributed by atoms with E-state index < -0.39 is 0 Å². The highest BCUT2D eigenvalue weighted by atomic mass is 32.1. The lowest BCUT2D eigenvalue weighted by Crippen LogP contribution is -2.34. The van der Waals surface area contributed by atoms with Gasteiger partial charge in [0.1, 0.15) is 10.5 Å². The third-order valence-electron chi connectivity index (χ3n) is 3.94. The second kappa shape index (κ2) is 8.58. The van der Waals surface area contributed by atoms with Crippen LogP contribution in [0.25, 0.3) is 10.2 Å². The Morgan fingerprint density at radius 3 is 2.81 bits per heavy atom. The van der Waals surface area contributed by atoms with Gasteiger partial charge in [-0.3, -0.25) is 14.5 Å². The van der Waals surface area contributed by atoms with Crippen LogP contribution in [0, 0.1) is 11.3 Å². The molecule has 0 radical (unpaired) electrons. The number of nitrogens with one attached hydrogen (secondary N) is 2. The first-order chi connectivity index (χ1) is 13.1. The molecule has 0 saturated carbocycles. The minimum atomic E-state index is -0.160. The first-order valence-corrected chi connectivity index (χ1v) is 9.45. The second-order valence-corrected chi connectivity index (χ2v) is 7.01. The van der Waals surface area contributed by atoms with E-state index in [1.807, 2.05) is 29.3 Å². The van der Waals surface area contributed by atoms with Crippen molar-refractivity contribution in [3.63, 3.8) is 0 Å². The molecule has 27 heavy (non-hydrogen) atoms. The Morgan fingerprint density at radius 1 is 1.33 bits per heavy atom. The SMILES string of the molecule is CCCN(CC(=O)Nc1ccc(C#N)cc1)Cc1nc2ccsc2c(=O)[nH]1. The fourth-order valence-corrected chi connectivity index (χ4v) is 3.50. The number of hydrogen-bond donors (Lipinski definition) is 2. The van der Waals surface area contributed by atoms with Crippen molar-refractivity contribution in [3.8, 4) is 6.07 Å². The summed E-state index contributed by atoms with van der Waals surface area (Å²) < 4.78 is 0.611. The zero-order chi connectivity index (χ0) is 19.2. The molecule has 0 atom stereocenters. The first kappa shape index (κ1) is 18.8. The number of aromatic amines is 1. The molecule has 2 N–H and O–H groups in total. The van der Waals surface area contributed by atoms with Crippen LogP contribution in [0.2, 0.25) is 0 Å². The Labute approximate surface area is 160 Å². The molecule has 0 aliphatic heterocycles. The Hall–Kier alpha value is -3.02. The van der Waals surface area contributed by atoms with E-state index in [1.54, 1.807) is 24.3 Å². The number of carbonyl (C=O) groups is 1. The minimum Gasteiger partial charge on any atom is -0.325 e. The lowest BCUT2D eigenvalue weighted by Gasteiger charge is -2.20. The normalized spacial score (nSPS) is 10.9. The van der Waals surface area contributed by atoms with Gasteiger partial charge < -0.3 is 10.3 Å². The number of fused-ring (bicyclic) bond motifs is 1. The van der Waals surface area contributed by atoms with Crippen LogP contribution in [0.5, 0.6) is 0 Å². The fraction of sp³-hybridized carbons (Fsp3) is 0.263. The number of thiophene rings is 1. The number of hydrogen-bond acceptors (Lipinski definition) is 6. The van der Waals surface area contributed by atoms with Crippen LogP contribution in [0.3, 0.4) is 0 Å². The van der Waals surface area contributed by atoms with Crippen LogP contribution in [0.1, 0.15) is 24.7 Å². The molecule has 3 rings (SSSR count). The van der Waals surface area contributed by atoms with Crippen LogP contribution in [0.4, 0.5) is 5.69 Å². The molecule has 0 spiro atoms. The summed E-state index contributed by atoms with van der Waals surface area (Å²) >= 11 is 1.36. The van der Waals surface area contributed by atoms with Crippen molar-refractivity contribution in [1.29, 1.82) is 5.26 Å². The maximum atomic E-state index is 12.4. The van der Waals surface area contributed by atoms with Gasteiger partial charge in [-0.25, -0.2) is 4.98 Å². The maximum Gasteiger partial charge on any atom is 0.268 e. The lowest BCUT2D eigenvalue weighted by atomic mass is 10.2. The summed E-state index contributed by atoms with van der Waals surface area (Å²) in [7, 11) is 0. The van der Waals surface area contributed by atoms with Gasteiger partial charge in [0.15, 0.2) is 0 Å². The number of anilines is 1. The molecule has 138 valence electrons. The summed E-state index contributed by atoms with van der Waals surface area (Å²) in [6, 6.07) is 10.6. The van der Waals surface area contributed by atoms with Gasteiger partial charge in [0.25, 0.3) is 5.56 Å². The largest absolute Gasteiger partial charge is 0.325 e. The van der Waals surface area contributed by atoms with Gasteiger partial charge >= 0.3 is 0 Å². The summed E-state index contributed by atoms with van der Waals surface area (Å²) in [5.74, 6) is 0.387. The van der Waals surface area contributed by atoms with Gasteiger partial charge in [0, 0.05) is 5.69 Å². The highest BCUT2D eigenvalue weighted by Gasteiger charge is 2.13. The third kappa shape index (κ3) is 4.78. The number of nitriles is 1. The van der Waals surface area contributed by atoms with Crippen molar-refractivity contribution in [1.82, 2.24) is 14.9 Å². The van der Waals surface area contributed by atoms with Gasteiger partial charge in [-0.2, -0.15) is 5.26 Å². The molecule has 0 aliphatic rings. The first-order valence-electron chi connectivity index (χ1n) is 8.58. The summed E-state index contributed by atoms with van der Waals surface area (Å²) in [4.78, 5) is 33.7. The number of carbonyl (C=O) groups excluding carboxylic acids is 1.